The molecular formula is C8H11NO4S. The van der Waals surface area contributed by atoms with Crippen molar-refractivity contribution < 1.29 is 19.1 Å². The SMILES string of the molecule is COC(=O)C1CCC(=S)N1C(=O)OC. The van der Waals surface area contributed by atoms with Crippen molar-refractivity contribution in [3.05, 3.63) is 0 Å². The molecule has 1 fully saturated rings. The number of likely N-dealkylation sites (tertiary alicyclic amines) is 1. The molecule has 0 radical (unpaired) electrons. The lowest BCUT2D eigenvalue weighted by Crippen LogP contribution is -2.42. The van der Waals surface area contributed by atoms with Crippen molar-refractivity contribution in [2.75, 3.05) is 14.2 Å². The molecule has 0 aromatic carbocycles. The number of carbonyl (C=O) groups is 2. The fraction of sp³-hybridized carbons (Fsp3) is 0.625. The topological polar surface area (TPSA) is 55.8 Å². The third kappa shape index (κ3) is 1.84. The highest BCUT2D eigenvalue weighted by Crippen LogP contribution is 2.21. The number of hydrogen-bond acceptors (Lipinski definition) is 5. The molecule has 1 rings (SSSR count). The number of amides is 1. The molecule has 0 saturated carbocycles. The zero-order valence-corrected chi connectivity index (χ0v) is 8.80. The molecule has 1 saturated heterocycles. The molecule has 1 atom stereocenters. The van der Waals surface area contributed by atoms with E-state index >= 15 is 0 Å². The second kappa shape index (κ2) is 4.36. The Morgan fingerprint density at radius 2 is 2.07 bits per heavy atom. The van der Waals surface area contributed by atoms with Crippen LogP contribution in [0.25, 0.3) is 0 Å². The van der Waals surface area contributed by atoms with Gasteiger partial charge in [-0.2, -0.15) is 0 Å². The molecule has 0 aromatic heterocycles. The smallest absolute Gasteiger partial charge is 0.415 e. The molecule has 0 aliphatic carbocycles. The highest BCUT2D eigenvalue weighted by Gasteiger charge is 2.39. The highest BCUT2D eigenvalue weighted by atomic mass is 32.1. The highest BCUT2D eigenvalue weighted by molar-refractivity contribution is 7.80. The van der Waals surface area contributed by atoms with Crippen LogP contribution in [-0.4, -0.2) is 42.2 Å². The van der Waals surface area contributed by atoms with Gasteiger partial charge in [0.2, 0.25) is 0 Å². The van der Waals surface area contributed by atoms with E-state index in [2.05, 4.69) is 9.47 Å². The van der Waals surface area contributed by atoms with Crippen molar-refractivity contribution in [3.63, 3.8) is 0 Å². The van der Waals surface area contributed by atoms with E-state index in [0.29, 0.717) is 17.8 Å². The first-order valence-corrected chi connectivity index (χ1v) is 4.50. The summed E-state index contributed by atoms with van der Waals surface area (Å²) in [4.78, 5) is 24.1. The largest absolute Gasteiger partial charge is 0.467 e. The molecule has 0 spiro atoms. The van der Waals surface area contributed by atoms with Crippen LogP contribution in [0.3, 0.4) is 0 Å². The predicted octanol–water partition coefficient (Wildman–Crippen LogP) is 0.718. The summed E-state index contributed by atoms with van der Waals surface area (Å²) < 4.78 is 9.08. The Hall–Kier alpha value is -1.17. The van der Waals surface area contributed by atoms with E-state index in [4.69, 9.17) is 12.2 Å². The number of hydrogen-bond donors (Lipinski definition) is 0. The fourth-order valence-electron chi connectivity index (χ4n) is 1.37. The number of thiocarbonyl (C=S) groups is 1. The molecule has 1 amide bonds. The van der Waals surface area contributed by atoms with Gasteiger partial charge in [-0.3, -0.25) is 4.90 Å². The Kier molecular flexibility index (Phi) is 3.40. The summed E-state index contributed by atoms with van der Waals surface area (Å²) in [6.07, 6.45) is 0.424. The van der Waals surface area contributed by atoms with Crippen LogP contribution in [-0.2, 0) is 14.3 Å². The van der Waals surface area contributed by atoms with Crippen LogP contribution < -0.4 is 0 Å². The summed E-state index contributed by atoms with van der Waals surface area (Å²) in [7, 11) is 2.52. The third-order valence-electron chi connectivity index (χ3n) is 2.06. The first-order valence-electron chi connectivity index (χ1n) is 4.09. The lowest BCUT2D eigenvalue weighted by Gasteiger charge is -2.20. The van der Waals surface area contributed by atoms with E-state index in [0.717, 1.165) is 0 Å². The summed E-state index contributed by atoms with van der Waals surface area (Å²) in [5.74, 6) is -0.463. The second-order valence-corrected chi connectivity index (χ2v) is 3.28. The van der Waals surface area contributed by atoms with Gasteiger partial charge >= 0.3 is 12.1 Å². The molecule has 6 heteroatoms. The van der Waals surface area contributed by atoms with Gasteiger partial charge in [-0.1, -0.05) is 12.2 Å². The first kappa shape index (κ1) is 10.9. The quantitative estimate of drug-likeness (QED) is 0.478. The number of carbonyl (C=O) groups excluding carboxylic acids is 2. The van der Waals surface area contributed by atoms with E-state index < -0.39 is 18.1 Å². The molecule has 1 unspecified atom stereocenters. The van der Waals surface area contributed by atoms with Gasteiger partial charge in [0, 0.05) is 6.42 Å². The summed E-state index contributed by atoms with van der Waals surface area (Å²) >= 11 is 4.94. The standard InChI is InChI=1S/C8H11NO4S/c1-12-7(10)5-3-4-6(14)9(5)8(11)13-2/h5H,3-4H2,1-2H3. The Morgan fingerprint density at radius 1 is 1.43 bits per heavy atom. The Bertz CT molecular complexity index is 279. The monoisotopic (exact) mass is 217 g/mol. The van der Waals surface area contributed by atoms with Gasteiger partial charge in [-0.25, -0.2) is 9.59 Å². The van der Waals surface area contributed by atoms with E-state index in [-0.39, 0.29) is 0 Å². The lowest BCUT2D eigenvalue weighted by molar-refractivity contribution is -0.144. The zero-order chi connectivity index (χ0) is 10.7. The minimum atomic E-state index is -0.625. The summed E-state index contributed by atoms with van der Waals surface area (Å²) in [6.45, 7) is 0. The van der Waals surface area contributed by atoms with Crippen molar-refractivity contribution in [2.45, 2.75) is 18.9 Å². The average molecular weight is 217 g/mol. The van der Waals surface area contributed by atoms with Crippen molar-refractivity contribution in [1.29, 1.82) is 0 Å². The van der Waals surface area contributed by atoms with Crippen LogP contribution in [0.2, 0.25) is 0 Å². The van der Waals surface area contributed by atoms with Crippen LogP contribution in [0.4, 0.5) is 4.79 Å². The predicted molar refractivity (Wildman–Crippen MR) is 51.9 cm³/mol. The van der Waals surface area contributed by atoms with Gasteiger partial charge in [-0.15, -0.1) is 0 Å². The number of nitrogens with zero attached hydrogens (tertiary/aromatic N) is 1. The van der Waals surface area contributed by atoms with Crippen LogP contribution in [0.15, 0.2) is 0 Å². The van der Waals surface area contributed by atoms with E-state index in [9.17, 15) is 9.59 Å². The molecular weight excluding hydrogens is 206 g/mol. The molecule has 0 bridgehead atoms. The molecule has 14 heavy (non-hydrogen) atoms. The van der Waals surface area contributed by atoms with Gasteiger partial charge < -0.3 is 9.47 Å². The van der Waals surface area contributed by atoms with Crippen LogP contribution in [0, 0.1) is 0 Å². The van der Waals surface area contributed by atoms with Crippen LogP contribution in [0.1, 0.15) is 12.8 Å². The first-order chi connectivity index (χ1) is 6.61. The summed E-state index contributed by atoms with van der Waals surface area (Å²) in [6, 6.07) is -0.625. The van der Waals surface area contributed by atoms with Crippen molar-refractivity contribution in [3.8, 4) is 0 Å². The minimum Gasteiger partial charge on any atom is -0.467 e. The van der Waals surface area contributed by atoms with Crippen molar-refractivity contribution in [2.24, 2.45) is 0 Å². The molecule has 1 aliphatic rings. The van der Waals surface area contributed by atoms with Gasteiger partial charge in [0.15, 0.2) is 0 Å². The number of esters is 1. The molecule has 1 aliphatic heterocycles. The van der Waals surface area contributed by atoms with Crippen molar-refractivity contribution in [1.82, 2.24) is 4.90 Å². The van der Waals surface area contributed by atoms with Gasteiger partial charge in [0.05, 0.1) is 19.2 Å². The maximum absolute atomic E-state index is 11.3. The average Bonchev–Trinajstić information content (AvgIpc) is 2.58. The maximum atomic E-state index is 11.3. The Balaban J connectivity index is 2.81. The van der Waals surface area contributed by atoms with Crippen molar-refractivity contribution >= 4 is 29.3 Å². The maximum Gasteiger partial charge on any atom is 0.415 e. The van der Waals surface area contributed by atoms with E-state index in [1.807, 2.05) is 0 Å². The minimum absolute atomic E-state index is 0.423. The molecule has 1 heterocycles. The van der Waals surface area contributed by atoms with Gasteiger partial charge in [0.25, 0.3) is 0 Å². The fourth-order valence-corrected chi connectivity index (χ4v) is 1.69. The number of ether oxygens (including phenoxy) is 2. The van der Waals surface area contributed by atoms with Crippen LogP contribution >= 0.6 is 12.2 Å². The van der Waals surface area contributed by atoms with Crippen LogP contribution in [0.5, 0.6) is 0 Å². The Labute approximate surface area is 87.0 Å². The molecule has 78 valence electrons. The molecule has 0 N–H and O–H groups in total. The number of methoxy groups -OCH3 is 2. The second-order valence-electron chi connectivity index (χ2n) is 2.81. The molecule has 0 aromatic rings. The summed E-state index contributed by atoms with van der Waals surface area (Å²) in [5, 5.41) is 0. The Morgan fingerprint density at radius 3 is 2.57 bits per heavy atom. The normalized spacial score (nSPS) is 20.9. The molecule has 5 nitrogen and oxygen atoms in total. The van der Waals surface area contributed by atoms with Gasteiger partial charge in [-0.05, 0) is 6.42 Å². The zero-order valence-electron chi connectivity index (χ0n) is 7.98. The third-order valence-corrected chi connectivity index (χ3v) is 2.46. The van der Waals surface area contributed by atoms with E-state index in [1.54, 1.807) is 0 Å². The summed E-state index contributed by atoms with van der Waals surface area (Å²) in [5.41, 5.74) is 0. The lowest BCUT2D eigenvalue weighted by atomic mass is 10.2. The van der Waals surface area contributed by atoms with E-state index in [1.165, 1.54) is 19.1 Å². The number of rotatable bonds is 1. The van der Waals surface area contributed by atoms with Gasteiger partial charge in [0.1, 0.15) is 6.04 Å².